The van der Waals surface area contributed by atoms with Crippen molar-refractivity contribution in [2.24, 2.45) is 0 Å². The number of hydrogen-bond donors (Lipinski definition) is 2. The van der Waals surface area contributed by atoms with Crippen molar-refractivity contribution in [1.29, 1.82) is 0 Å². The minimum Gasteiger partial charge on any atom is -0.480 e. The van der Waals surface area contributed by atoms with E-state index in [9.17, 15) is 9.59 Å². The van der Waals surface area contributed by atoms with Gasteiger partial charge in [-0.05, 0) is 6.42 Å². The molecule has 0 aliphatic carbocycles. The van der Waals surface area contributed by atoms with Gasteiger partial charge in [-0.15, -0.1) is 0 Å². The second kappa shape index (κ2) is 5.57. The lowest BCUT2D eigenvalue weighted by atomic mass is 10.1. The van der Waals surface area contributed by atoms with E-state index < -0.39 is 12.0 Å². The van der Waals surface area contributed by atoms with Gasteiger partial charge in [-0.1, -0.05) is 19.8 Å². The van der Waals surface area contributed by atoms with E-state index in [1.165, 1.54) is 6.92 Å². The van der Waals surface area contributed by atoms with E-state index in [4.69, 9.17) is 5.11 Å². The third-order valence-corrected chi connectivity index (χ3v) is 1.52. The normalized spacial score (nSPS) is 12.2. The molecule has 0 radical (unpaired) electrons. The molecule has 0 rings (SSSR count). The van der Waals surface area contributed by atoms with Crippen LogP contribution in [0.4, 0.5) is 0 Å². The molecule has 0 aliphatic heterocycles. The summed E-state index contributed by atoms with van der Waals surface area (Å²) in [5.74, 6) is -1.25. The van der Waals surface area contributed by atoms with Crippen LogP contribution >= 0.6 is 0 Å². The van der Waals surface area contributed by atoms with Crippen LogP contribution in [0.5, 0.6) is 0 Å². The van der Waals surface area contributed by atoms with Crippen molar-refractivity contribution in [3.8, 4) is 0 Å². The molecule has 0 aromatic rings. The highest BCUT2D eigenvalue weighted by Gasteiger charge is 2.16. The van der Waals surface area contributed by atoms with Crippen LogP contribution in [-0.2, 0) is 9.59 Å². The maximum Gasteiger partial charge on any atom is 0.326 e. The molecule has 0 aromatic heterocycles. The van der Waals surface area contributed by atoms with E-state index in [1.54, 1.807) is 0 Å². The van der Waals surface area contributed by atoms with Gasteiger partial charge in [0, 0.05) is 6.92 Å². The zero-order valence-electron chi connectivity index (χ0n) is 7.46. The molecule has 70 valence electrons. The average Bonchev–Trinajstić information content (AvgIpc) is 1.96. The minimum absolute atomic E-state index is 0.293. The standard InChI is InChI=1S/C8H15NO3/c1-3-4-5-7(8(11)12)9-6(2)10/h7H,3-5H2,1-2H3,(H,9,10)(H,11,12)/t7-/m0/s1. The number of amides is 1. The van der Waals surface area contributed by atoms with Gasteiger partial charge in [0.2, 0.25) is 5.91 Å². The summed E-state index contributed by atoms with van der Waals surface area (Å²) in [4.78, 5) is 21.1. The second-order valence-corrected chi connectivity index (χ2v) is 2.73. The van der Waals surface area contributed by atoms with Crippen LogP contribution < -0.4 is 5.32 Å². The van der Waals surface area contributed by atoms with Crippen LogP contribution in [0.1, 0.15) is 33.1 Å². The predicted octanol–water partition coefficient (Wildman–Crippen LogP) is 0.766. The van der Waals surface area contributed by atoms with E-state index in [0.717, 1.165) is 12.8 Å². The highest BCUT2D eigenvalue weighted by molar-refractivity contribution is 5.81. The summed E-state index contributed by atoms with van der Waals surface area (Å²) in [6, 6.07) is -0.720. The van der Waals surface area contributed by atoms with Crippen molar-refractivity contribution in [2.45, 2.75) is 39.2 Å². The first-order valence-corrected chi connectivity index (χ1v) is 4.07. The number of carbonyl (C=O) groups is 2. The Labute approximate surface area is 72.0 Å². The monoisotopic (exact) mass is 173 g/mol. The average molecular weight is 173 g/mol. The Hall–Kier alpha value is -1.06. The maximum absolute atomic E-state index is 10.5. The van der Waals surface area contributed by atoms with Crippen molar-refractivity contribution in [1.82, 2.24) is 5.32 Å². The number of hydrogen-bond acceptors (Lipinski definition) is 2. The van der Waals surface area contributed by atoms with Crippen molar-refractivity contribution in [2.75, 3.05) is 0 Å². The zero-order chi connectivity index (χ0) is 9.56. The van der Waals surface area contributed by atoms with Crippen molar-refractivity contribution in [3.63, 3.8) is 0 Å². The van der Waals surface area contributed by atoms with Gasteiger partial charge in [0.1, 0.15) is 6.04 Å². The van der Waals surface area contributed by atoms with E-state index in [2.05, 4.69) is 5.32 Å². The molecule has 4 nitrogen and oxygen atoms in total. The topological polar surface area (TPSA) is 66.4 Å². The number of aliphatic carboxylic acids is 1. The number of rotatable bonds is 5. The molecule has 2 N–H and O–H groups in total. The summed E-state index contributed by atoms with van der Waals surface area (Å²) in [7, 11) is 0. The van der Waals surface area contributed by atoms with E-state index in [-0.39, 0.29) is 5.91 Å². The first-order chi connectivity index (χ1) is 5.57. The molecule has 0 spiro atoms. The number of unbranched alkanes of at least 4 members (excludes halogenated alkanes) is 1. The van der Waals surface area contributed by atoms with Crippen LogP contribution in [0, 0.1) is 0 Å². The third-order valence-electron chi connectivity index (χ3n) is 1.52. The van der Waals surface area contributed by atoms with Crippen molar-refractivity contribution < 1.29 is 14.7 Å². The summed E-state index contributed by atoms with van der Waals surface area (Å²) in [6.45, 7) is 3.30. The van der Waals surface area contributed by atoms with Gasteiger partial charge in [0.05, 0.1) is 0 Å². The maximum atomic E-state index is 10.5. The first-order valence-electron chi connectivity index (χ1n) is 4.07. The van der Waals surface area contributed by atoms with Gasteiger partial charge in [-0.3, -0.25) is 4.79 Å². The molecule has 0 bridgehead atoms. The highest BCUT2D eigenvalue weighted by atomic mass is 16.4. The molecule has 0 unspecified atom stereocenters. The summed E-state index contributed by atoms with van der Waals surface area (Å²) in [5.41, 5.74) is 0. The number of carbonyl (C=O) groups excluding carboxylic acids is 1. The Morgan fingerprint density at radius 1 is 1.50 bits per heavy atom. The van der Waals surface area contributed by atoms with Crippen LogP contribution in [-0.4, -0.2) is 23.0 Å². The first kappa shape index (κ1) is 10.9. The Morgan fingerprint density at radius 3 is 2.42 bits per heavy atom. The zero-order valence-corrected chi connectivity index (χ0v) is 7.46. The molecule has 0 saturated heterocycles. The minimum atomic E-state index is -0.960. The molecule has 0 aliphatic rings. The summed E-state index contributed by atoms with van der Waals surface area (Å²) < 4.78 is 0. The predicted molar refractivity (Wildman–Crippen MR) is 44.8 cm³/mol. The molecule has 0 aromatic carbocycles. The number of nitrogens with one attached hydrogen (secondary N) is 1. The summed E-state index contributed by atoms with van der Waals surface area (Å²) in [6.07, 6.45) is 2.26. The lowest BCUT2D eigenvalue weighted by Gasteiger charge is -2.11. The van der Waals surface area contributed by atoms with Crippen molar-refractivity contribution in [3.05, 3.63) is 0 Å². The molecule has 0 fully saturated rings. The molecule has 0 saturated carbocycles. The van der Waals surface area contributed by atoms with Gasteiger partial charge < -0.3 is 10.4 Å². The third kappa shape index (κ3) is 4.71. The Bertz CT molecular complexity index is 168. The fourth-order valence-corrected chi connectivity index (χ4v) is 0.911. The number of carboxylic acids is 1. The van der Waals surface area contributed by atoms with Gasteiger partial charge in [0.25, 0.3) is 0 Å². The fourth-order valence-electron chi connectivity index (χ4n) is 0.911. The molecule has 1 atom stereocenters. The Kier molecular flexibility index (Phi) is 5.08. The fraction of sp³-hybridized carbons (Fsp3) is 0.750. The lowest BCUT2D eigenvalue weighted by molar-refractivity contribution is -0.141. The molecule has 1 amide bonds. The van der Waals surface area contributed by atoms with Gasteiger partial charge in [0.15, 0.2) is 0 Å². The smallest absolute Gasteiger partial charge is 0.326 e. The van der Waals surface area contributed by atoms with Gasteiger partial charge in [-0.2, -0.15) is 0 Å². The second-order valence-electron chi connectivity index (χ2n) is 2.73. The summed E-state index contributed by atoms with van der Waals surface area (Å²) >= 11 is 0. The van der Waals surface area contributed by atoms with Crippen LogP contribution in [0.15, 0.2) is 0 Å². The molecular formula is C8H15NO3. The Balaban J connectivity index is 3.87. The Morgan fingerprint density at radius 2 is 2.08 bits per heavy atom. The van der Waals surface area contributed by atoms with Crippen LogP contribution in [0.3, 0.4) is 0 Å². The van der Waals surface area contributed by atoms with E-state index in [0.29, 0.717) is 6.42 Å². The van der Waals surface area contributed by atoms with E-state index in [1.807, 2.05) is 6.92 Å². The SMILES string of the molecule is CCCC[C@H](NC(C)=O)C(=O)O. The molecule has 0 heterocycles. The molecular weight excluding hydrogens is 158 g/mol. The molecule has 4 heteroatoms. The summed E-state index contributed by atoms with van der Waals surface area (Å²) in [5, 5.41) is 11.0. The van der Waals surface area contributed by atoms with Crippen molar-refractivity contribution >= 4 is 11.9 Å². The van der Waals surface area contributed by atoms with Gasteiger partial charge in [-0.25, -0.2) is 4.79 Å². The molecule has 12 heavy (non-hydrogen) atoms. The number of carboxylic acid groups (broad SMARTS) is 1. The van der Waals surface area contributed by atoms with Crippen LogP contribution in [0.25, 0.3) is 0 Å². The van der Waals surface area contributed by atoms with Crippen LogP contribution in [0.2, 0.25) is 0 Å². The quantitative estimate of drug-likeness (QED) is 0.645. The van der Waals surface area contributed by atoms with E-state index >= 15 is 0 Å². The largest absolute Gasteiger partial charge is 0.480 e. The van der Waals surface area contributed by atoms with Gasteiger partial charge >= 0.3 is 5.97 Å². The lowest BCUT2D eigenvalue weighted by Crippen LogP contribution is -2.39. The highest BCUT2D eigenvalue weighted by Crippen LogP contribution is 2.00.